The van der Waals surface area contributed by atoms with Crippen LogP contribution in [0.25, 0.3) is 10.2 Å². The van der Waals surface area contributed by atoms with Gasteiger partial charge in [-0.05, 0) is 30.6 Å². The highest BCUT2D eigenvalue weighted by atomic mass is 35.5. The van der Waals surface area contributed by atoms with Crippen LogP contribution in [-0.2, 0) is 9.53 Å². The van der Waals surface area contributed by atoms with E-state index in [-0.39, 0.29) is 29.2 Å². The summed E-state index contributed by atoms with van der Waals surface area (Å²) in [6, 6.07) is 3.25. The van der Waals surface area contributed by atoms with Crippen LogP contribution in [0.5, 0.6) is 0 Å². The zero-order valence-corrected chi connectivity index (χ0v) is 20.2. The first kappa shape index (κ1) is 23.8. The van der Waals surface area contributed by atoms with E-state index in [0.717, 1.165) is 10.2 Å². The first-order chi connectivity index (χ1) is 16.4. The predicted octanol–water partition coefficient (Wildman–Crippen LogP) is 2.66. The average molecular weight is 499 g/mol. The van der Waals surface area contributed by atoms with Crippen molar-refractivity contribution < 1.29 is 14.3 Å². The number of nitrogens with two attached hydrogens (primary N) is 1. The quantitative estimate of drug-likeness (QED) is 0.399. The highest BCUT2D eigenvalue weighted by molar-refractivity contribution is 7.16. The molecule has 2 aromatic heterocycles. The van der Waals surface area contributed by atoms with E-state index in [1.807, 2.05) is 6.07 Å². The Bertz CT molecular complexity index is 1340. The Balaban J connectivity index is 1.75. The number of thiazole rings is 1. The van der Waals surface area contributed by atoms with Crippen LogP contribution >= 0.6 is 22.9 Å². The lowest BCUT2D eigenvalue weighted by molar-refractivity contribution is -0.127. The molecule has 0 saturated carbocycles. The van der Waals surface area contributed by atoms with E-state index < -0.39 is 5.91 Å². The number of amides is 2. The van der Waals surface area contributed by atoms with Gasteiger partial charge in [0, 0.05) is 26.3 Å². The number of benzene rings is 1. The molecule has 4 rings (SSSR count). The van der Waals surface area contributed by atoms with Crippen LogP contribution in [0.1, 0.15) is 34.1 Å². The highest BCUT2D eigenvalue weighted by Crippen LogP contribution is 2.32. The van der Waals surface area contributed by atoms with Gasteiger partial charge in [0.05, 0.1) is 39.4 Å². The Morgan fingerprint density at radius 3 is 2.91 bits per heavy atom. The van der Waals surface area contributed by atoms with Gasteiger partial charge in [-0.1, -0.05) is 24.1 Å². The minimum Gasteiger partial charge on any atom is -0.383 e. The van der Waals surface area contributed by atoms with Crippen molar-refractivity contribution in [1.82, 2.24) is 19.7 Å². The zero-order chi connectivity index (χ0) is 24.4. The van der Waals surface area contributed by atoms with Gasteiger partial charge in [0.25, 0.3) is 5.91 Å². The van der Waals surface area contributed by atoms with Crippen LogP contribution < -0.4 is 11.1 Å². The summed E-state index contributed by atoms with van der Waals surface area (Å²) in [4.78, 5) is 30.7. The van der Waals surface area contributed by atoms with Crippen molar-refractivity contribution in [3.63, 3.8) is 0 Å². The molecule has 1 aliphatic heterocycles. The number of fused-ring (bicyclic) bond motifs is 1. The SMILES string of the molecule is C=CC(=O)N1CC(n2nc(C#Cc3cc4ncsc4cc3Cl)c(C(N)=O)c2NC)CC1COC. The fourth-order valence-electron chi connectivity index (χ4n) is 4.17. The van der Waals surface area contributed by atoms with Crippen LogP contribution in [0.2, 0.25) is 5.02 Å². The molecular weight excluding hydrogens is 476 g/mol. The molecule has 1 aliphatic rings. The molecule has 176 valence electrons. The number of nitrogens with zero attached hydrogens (tertiary/aromatic N) is 4. The van der Waals surface area contributed by atoms with E-state index in [9.17, 15) is 9.59 Å². The fourth-order valence-corrected chi connectivity index (χ4v) is 5.14. The average Bonchev–Trinajstić information content (AvgIpc) is 3.53. The molecule has 2 unspecified atom stereocenters. The molecule has 0 spiro atoms. The summed E-state index contributed by atoms with van der Waals surface area (Å²) in [6.45, 7) is 4.34. The Labute approximate surface area is 205 Å². The van der Waals surface area contributed by atoms with Gasteiger partial charge < -0.3 is 20.7 Å². The van der Waals surface area contributed by atoms with Gasteiger partial charge in [-0.3, -0.25) is 9.59 Å². The standard InChI is InChI=1S/C23H23ClN6O3S/c1-4-20(31)29-10-14(8-15(29)11-33-3)30-23(26-2)21(22(25)32)17(28-30)6-5-13-7-18-19(9-16(13)24)34-12-27-18/h4,7,9,12,14-15,26H,1,8,10-11H2,2-3H3,(H2,25,32). The third-order valence-electron chi connectivity index (χ3n) is 5.68. The second kappa shape index (κ2) is 9.85. The number of anilines is 1. The number of hydrogen-bond donors (Lipinski definition) is 2. The van der Waals surface area contributed by atoms with Gasteiger partial charge in [0.1, 0.15) is 11.4 Å². The summed E-state index contributed by atoms with van der Waals surface area (Å²) in [5, 5.41) is 8.12. The second-order valence-electron chi connectivity index (χ2n) is 7.73. The first-order valence-electron chi connectivity index (χ1n) is 10.4. The van der Waals surface area contributed by atoms with E-state index in [2.05, 4.69) is 33.8 Å². The third-order valence-corrected chi connectivity index (χ3v) is 6.79. The van der Waals surface area contributed by atoms with Crippen molar-refractivity contribution in [2.75, 3.05) is 32.6 Å². The largest absolute Gasteiger partial charge is 0.383 e. The number of primary amides is 1. The number of rotatable bonds is 6. The van der Waals surface area contributed by atoms with Crippen molar-refractivity contribution in [1.29, 1.82) is 0 Å². The van der Waals surface area contributed by atoms with Crippen LogP contribution in [0, 0.1) is 11.8 Å². The van der Waals surface area contributed by atoms with Crippen molar-refractivity contribution >= 4 is 50.8 Å². The molecule has 1 saturated heterocycles. The van der Waals surface area contributed by atoms with Crippen LogP contribution in [-0.4, -0.2) is 64.8 Å². The number of carbonyl (C=O) groups excluding carboxylic acids is 2. The minimum absolute atomic E-state index is 0.149. The molecule has 3 N–H and O–H groups in total. The number of likely N-dealkylation sites (tertiary alicyclic amines) is 1. The van der Waals surface area contributed by atoms with Crippen molar-refractivity contribution in [3.05, 3.63) is 52.1 Å². The van der Waals surface area contributed by atoms with E-state index in [0.29, 0.717) is 36.0 Å². The maximum Gasteiger partial charge on any atom is 0.255 e. The lowest BCUT2D eigenvalue weighted by Crippen LogP contribution is -2.37. The van der Waals surface area contributed by atoms with Crippen molar-refractivity contribution in [3.8, 4) is 11.8 Å². The highest BCUT2D eigenvalue weighted by Gasteiger charge is 2.37. The van der Waals surface area contributed by atoms with E-state index in [1.54, 1.807) is 35.3 Å². The molecule has 9 nitrogen and oxygen atoms in total. The molecular formula is C23H23ClN6O3S. The third kappa shape index (κ3) is 4.37. The lowest BCUT2D eigenvalue weighted by Gasteiger charge is -2.22. The first-order valence-corrected chi connectivity index (χ1v) is 11.7. The topological polar surface area (TPSA) is 115 Å². The fraction of sp³-hybridized carbons (Fsp3) is 0.304. The van der Waals surface area contributed by atoms with Gasteiger partial charge in [-0.25, -0.2) is 9.67 Å². The molecule has 0 aliphatic carbocycles. The van der Waals surface area contributed by atoms with Gasteiger partial charge in [0.2, 0.25) is 5.91 Å². The van der Waals surface area contributed by atoms with Crippen LogP contribution in [0.3, 0.4) is 0 Å². The summed E-state index contributed by atoms with van der Waals surface area (Å²) < 4.78 is 7.93. The van der Waals surface area contributed by atoms with Crippen LogP contribution in [0.4, 0.5) is 5.82 Å². The Hall–Kier alpha value is -3.39. The normalized spacial score (nSPS) is 17.4. The van der Waals surface area contributed by atoms with Gasteiger partial charge in [-0.15, -0.1) is 11.3 Å². The summed E-state index contributed by atoms with van der Waals surface area (Å²) in [5.74, 6) is 5.54. The molecule has 34 heavy (non-hydrogen) atoms. The smallest absolute Gasteiger partial charge is 0.255 e. The minimum atomic E-state index is -0.661. The number of halogens is 1. The van der Waals surface area contributed by atoms with E-state index >= 15 is 0 Å². The van der Waals surface area contributed by atoms with Crippen molar-refractivity contribution in [2.24, 2.45) is 5.73 Å². The molecule has 0 bridgehead atoms. The number of aromatic nitrogens is 3. The molecule has 1 aromatic carbocycles. The van der Waals surface area contributed by atoms with E-state index in [1.165, 1.54) is 17.4 Å². The number of nitrogens with one attached hydrogen (secondary N) is 1. The maximum absolute atomic E-state index is 12.4. The predicted molar refractivity (Wildman–Crippen MR) is 132 cm³/mol. The van der Waals surface area contributed by atoms with E-state index in [4.69, 9.17) is 22.1 Å². The molecule has 1 fully saturated rings. The summed E-state index contributed by atoms with van der Waals surface area (Å²) in [7, 11) is 3.27. The van der Waals surface area contributed by atoms with Gasteiger partial charge in [0.15, 0.2) is 5.69 Å². The lowest BCUT2D eigenvalue weighted by atomic mass is 10.1. The molecule has 3 heterocycles. The van der Waals surface area contributed by atoms with Gasteiger partial charge in [-0.2, -0.15) is 5.10 Å². The maximum atomic E-state index is 12.4. The zero-order valence-electron chi connectivity index (χ0n) is 18.7. The molecule has 2 atom stereocenters. The summed E-state index contributed by atoms with van der Waals surface area (Å²) in [5.41, 5.74) is 9.20. The van der Waals surface area contributed by atoms with Crippen LogP contribution in [0.15, 0.2) is 30.3 Å². The Morgan fingerprint density at radius 1 is 1.44 bits per heavy atom. The number of ether oxygens (including phenoxy) is 1. The Morgan fingerprint density at radius 2 is 2.24 bits per heavy atom. The molecule has 3 aromatic rings. The Kier molecular flexibility index (Phi) is 6.88. The number of methoxy groups -OCH3 is 1. The van der Waals surface area contributed by atoms with Gasteiger partial charge >= 0.3 is 0 Å². The molecule has 2 amide bonds. The monoisotopic (exact) mass is 498 g/mol. The number of hydrogen-bond acceptors (Lipinski definition) is 7. The number of carbonyl (C=O) groups is 2. The molecule has 11 heteroatoms. The van der Waals surface area contributed by atoms with Crippen molar-refractivity contribution in [2.45, 2.75) is 18.5 Å². The summed E-state index contributed by atoms with van der Waals surface area (Å²) >= 11 is 7.88. The summed E-state index contributed by atoms with van der Waals surface area (Å²) in [6.07, 6.45) is 1.86. The molecule has 0 radical (unpaired) electrons. The second-order valence-corrected chi connectivity index (χ2v) is 9.02.